The lowest BCUT2D eigenvalue weighted by Gasteiger charge is -2.34. The molecule has 1 atom stereocenters. The van der Waals surface area contributed by atoms with Crippen LogP contribution >= 0.6 is 11.6 Å². The lowest BCUT2D eigenvalue weighted by molar-refractivity contribution is -0.931. The molecule has 2 heterocycles. The lowest BCUT2D eigenvalue weighted by Crippen LogP contribution is -3.13. The molecular formula is C22H24ClN2O+. The normalized spacial score (nSPS) is 21.6. The number of halogens is 1. The molecule has 0 bridgehead atoms. The maximum absolute atomic E-state index is 11.0. The summed E-state index contributed by atoms with van der Waals surface area (Å²) in [5, 5.41) is 12.7. The first kappa shape index (κ1) is 17.3. The number of nitrogens with zero attached hydrogens (tertiary/aromatic N) is 1. The number of likely N-dealkylation sites (tertiary alicyclic amines) is 1. The van der Waals surface area contributed by atoms with Crippen LogP contribution in [-0.4, -0.2) is 23.2 Å². The van der Waals surface area contributed by atoms with E-state index in [4.69, 9.17) is 11.6 Å². The average molecular weight is 368 g/mol. The summed E-state index contributed by atoms with van der Waals surface area (Å²) in [6.45, 7) is 4.54. The molecule has 0 radical (unpaired) electrons. The van der Waals surface area contributed by atoms with E-state index in [0.717, 1.165) is 35.0 Å². The van der Waals surface area contributed by atoms with E-state index in [1.54, 1.807) is 6.20 Å². The van der Waals surface area contributed by atoms with Crippen molar-refractivity contribution in [2.24, 2.45) is 5.92 Å². The zero-order valence-corrected chi connectivity index (χ0v) is 15.7. The number of fused-ring (bicyclic) bond motifs is 1. The minimum Gasteiger partial charge on any atom is -0.505 e. The van der Waals surface area contributed by atoms with Crippen molar-refractivity contribution >= 4 is 22.5 Å². The van der Waals surface area contributed by atoms with Gasteiger partial charge in [-0.1, -0.05) is 42.8 Å². The Morgan fingerprint density at radius 2 is 1.81 bits per heavy atom. The largest absolute Gasteiger partial charge is 0.505 e. The Bertz CT molecular complexity index is 902. The summed E-state index contributed by atoms with van der Waals surface area (Å²) < 4.78 is 0. The Balaban J connectivity index is 1.82. The summed E-state index contributed by atoms with van der Waals surface area (Å²) in [6.07, 6.45) is 4.16. The number of pyridine rings is 1. The third kappa shape index (κ3) is 3.29. The Morgan fingerprint density at radius 1 is 1.08 bits per heavy atom. The summed E-state index contributed by atoms with van der Waals surface area (Å²) in [6, 6.07) is 16.1. The van der Waals surface area contributed by atoms with Crippen LogP contribution in [0.5, 0.6) is 5.75 Å². The van der Waals surface area contributed by atoms with Gasteiger partial charge in [0.05, 0.1) is 18.7 Å². The number of quaternary nitrogens is 1. The second-order valence-electron chi connectivity index (χ2n) is 7.40. The van der Waals surface area contributed by atoms with Crippen LogP contribution in [-0.2, 0) is 0 Å². The fraction of sp³-hybridized carbons (Fsp3) is 0.318. The first-order chi connectivity index (χ1) is 12.6. The number of rotatable bonds is 3. The number of benzene rings is 2. The highest BCUT2D eigenvalue weighted by atomic mass is 35.5. The summed E-state index contributed by atoms with van der Waals surface area (Å²) in [5.41, 5.74) is 2.81. The third-order valence-electron chi connectivity index (χ3n) is 5.62. The molecule has 0 unspecified atom stereocenters. The highest BCUT2D eigenvalue weighted by Gasteiger charge is 2.32. The van der Waals surface area contributed by atoms with Gasteiger partial charge in [0.25, 0.3) is 0 Å². The van der Waals surface area contributed by atoms with Crippen molar-refractivity contribution in [2.75, 3.05) is 13.1 Å². The monoisotopic (exact) mass is 367 g/mol. The van der Waals surface area contributed by atoms with Crippen molar-refractivity contribution in [3.05, 3.63) is 70.9 Å². The summed E-state index contributed by atoms with van der Waals surface area (Å²) >= 11 is 6.11. The number of hydrogen-bond acceptors (Lipinski definition) is 2. The summed E-state index contributed by atoms with van der Waals surface area (Å²) in [4.78, 5) is 5.90. The second kappa shape index (κ2) is 7.26. The van der Waals surface area contributed by atoms with Gasteiger partial charge >= 0.3 is 0 Å². The number of aromatic hydroxyl groups is 1. The Hall–Kier alpha value is -2.10. The van der Waals surface area contributed by atoms with Crippen LogP contribution in [0, 0.1) is 5.92 Å². The van der Waals surface area contributed by atoms with Crippen LogP contribution in [0.2, 0.25) is 5.02 Å². The van der Waals surface area contributed by atoms with Crippen molar-refractivity contribution < 1.29 is 10.0 Å². The fourth-order valence-corrected chi connectivity index (χ4v) is 4.22. The van der Waals surface area contributed by atoms with E-state index in [0.29, 0.717) is 11.3 Å². The van der Waals surface area contributed by atoms with Crippen LogP contribution in [0.1, 0.15) is 36.9 Å². The zero-order chi connectivity index (χ0) is 18.1. The molecule has 0 aliphatic carbocycles. The van der Waals surface area contributed by atoms with Gasteiger partial charge < -0.3 is 10.0 Å². The van der Waals surface area contributed by atoms with Crippen molar-refractivity contribution in [3.63, 3.8) is 0 Å². The van der Waals surface area contributed by atoms with Crippen molar-refractivity contribution in [3.8, 4) is 5.75 Å². The molecule has 0 amide bonds. The third-order valence-corrected chi connectivity index (χ3v) is 5.87. The van der Waals surface area contributed by atoms with Crippen LogP contribution < -0.4 is 4.90 Å². The molecule has 0 saturated carbocycles. The smallest absolute Gasteiger partial charge is 0.151 e. The van der Waals surface area contributed by atoms with E-state index in [1.165, 1.54) is 23.3 Å². The number of hydrogen-bond donors (Lipinski definition) is 2. The van der Waals surface area contributed by atoms with Gasteiger partial charge in [-0.3, -0.25) is 4.98 Å². The highest BCUT2D eigenvalue weighted by Crippen LogP contribution is 2.33. The standard InChI is InChI=1S/C22H23ClN2O/c1-15-10-13-25(14-11-15)21(17-4-7-18(23)8-5-17)19-9-6-16-3-2-12-24-20(16)22(19)26/h2-9,12,15,21,26H,10-11,13-14H2,1H3/p+1/t21-/m1/s1. The molecule has 26 heavy (non-hydrogen) atoms. The number of nitrogens with one attached hydrogen (secondary N) is 1. The second-order valence-corrected chi connectivity index (χ2v) is 7.84. The van der Waals surface area contributed by atoms with E-state index in [-0.39, 0.29) is 6.04 Å². The van der Waals surface area contributed by atoms with Gasteiger partial charge in [0, 0.05) is 22.2 Å². The molecular weight excluding hydrogens is 344 g/mol. The minimum absolute atomic E-state index is 0.0890. The highest BCUT2D eigenvalue weighted by molar-refractivity contribution is 6.30. The molecule has 1 fully saturated rings. The molecule has 3 nitrogen and oxygen atoms in total. The lowest BCUT2D eigenvalue weighted by atomic mass is 9.91. The van der Waals surface area contributed by atoms with Gasteiger partial charge in [-0.2, -0.15) is 0 Å². The molecule has 134 valence electrons. The molecule has 2 N–H and O–H groups in total. The van der Waals surface area contributed by atoms with Crippen LogP contribution in [0.25, 0.3) is 10.9 Å². The maximum atomic E-state index is 11.0. The molecule has 1 aromatic heterocycles. The van der Waals surface area contributed by atoms with Gasteiger partial charge in [-0.25, -0.2) is 0 Å². The minimum atomic E-state index is 0.0890. The Morgan fingerprint density at radius 3 is 2.54 bits per heavy atom. The fourth-order valence-electron chi connectivity index (χ4n) is 4.09. The van der Waals surface area contributed by atoms with E-state index in [1.807, 2.05) is 24.3 Å². The number of phenols is 1. The van der Waals surface area contributed by atoms with E-state index < -0.39 is 0 Å². The Labute approximate surface area is 159 Å². The van der Waals surface area contributed by atoms with Gasteiger partial charge in [-0.05, 0) is 43.0 Å². The summed E-state index contributed by atoms with van der Waals surface area (Å²) in [5.74, 6) is 1.07. The van der Waals surface area contributed by atoms with Crippen LogP contribution in [0.4, 0.5) is 0 Å². The van der Waals surface area contributed by atoms with Crippen molar-refractivity contribution in [2.45, 2.75) is 25.8 Å². The predicted octanol–water partition coefficient (Wildman–Crippen LogP) is 4.00. The van der Waals surface area contributed by atoms with Crippen LogP contribution in [0.3, 0.4) is 0 Å². The molecule has 1 aliphatic rings. The van der Waals surface area contributed by atoms with Crippen LogP contribution in [0.15, 0.2) is 54.7 Å². The number of aromatic nitrogens is 1. The molecule has 1 aliphatic heterocycles. The quantitative estimate of drug-likeness (QED) is 0.734. The van der Waals surface area contributed by atoms with Gasteiger partial charge in [-0.15, -0.1) is 0 Å². The number of piperidine rings is 1. The maximum Gasteiger partial charge on any atom is 0.151 e. The predicted molar refractivity (Wildman–Crippen MR) is 106 cm³/mol. The SMILES string of the molecule is CC1CC[NH+]([C@H](c2ccc(Cl)cc2)c2ccc3cccnc3c2O)CC1. The average Bonchev–Trinajstić information content (AvgIpc) is 2.67. The van der Waals surface area contributed by atoms with Gasteiger partial charge in [0.1, 0.15) is 11.6 Å². The van der Waals surface area contributed by atoms with Crippen molar-refractivity contribution in [1.29, 1.82) is 0 Å². The van der Waals surface area contributed by atoms with Gasteiger partial charge in [0.2, 0.25) is 0 Å². The number of phenolic OH excluding ortho intramolecular Hbond substituents is 1. The molecule has 4 rings (SSSR count). The molecule has 2 aromatic carbocycles. The Kier molecular flexibility index (Phi) is 4.84. The van der Waals surface area contributed by atoms with E-state index in [9.17, 15) is 5.11 Å². The first-order valence-electron chi connectivity index (χ1n) is 9.30. The molecule has 1 saturated heterocycles. The first-order valence-corrected chi connectivity index (χ1v) is 9.68. The molecule has 0 spiro atoms. The molecule has 3 aromatic rings. The van der Waals surface area contributed by atoms with Gasteiger partial charge in [0.15, 0.2) is 5.75 Å². The van der Waals surface area contributed by atoms with Crippen molar-refractivity contribution in [1.82, 2.24) is 4.98 Å². The van der Waals surface area contributed by atoms with E-state index >= 15 is 0 Å². The van der Waals surface area contributed by atoms with E-state index in [2.05, 4.69) is 36.2 Å². The summed E-state index contributed by atoms with van der Waals surface area (Å²) in [7, 11) is 0. The zero-order valence-electron chi connectivity index (χ0n) is 15.0. The molecule has 4 heteroatoms. The topological polar surface area (TPSA) is 37.6 Å².